The maximum Gasteiger partial charge on any atom is 0.243 e. The van der Waals surface area contributed by atoms with E-state index < -0.39 is 17.5 Å². The summed E-state index contributed by atoms with van der Waals surface area (Å²) in [6, 6.07) is 4.76. The summed E-state index contributed by atoms with van der Waals surface area (Å²) in [5, 5.41) is 15.6. The molecular formula is C18H18F2N6O2. The van der Waals surface area contributed by atoms with Gasteiger partial charge < -0.3 is 5.32 Å². The molecule has 0 spiro atoms. The van der Waals surface area contributed by atoms with E-state index >= 15 is 0 Å². The second-order valence-electron chi connectivity index (χ2n) is 6.03. The molecule has 0 aliphatic carbocycles. The van der Waals surface area contributed by atoms with Gasteiger partial charge in [-0.15, -0.1) is 0 Å². The predicted octanol–water partition coefficient (Wildman–Crippen LogP) is 3.04. The predicted molar refractivity (Wildman–Crippen MR) is 96.7 cm³/mol. The molecule has 8 nitrogen and oxygen atoms in total. The van der Waals surface area contributed by atoms with Crippen molar-refractivity contribution in [1.82, 2.24) is 25.2 Å². The zero-order valence-corrected chi connectivity index (χ0v) is 14.8. The number of rotatable bonds is 8. The number of carbonyl (C=O) groups is 1. The van der Waals surface area contributed by atoms with Crippen LogP contribution in [-0.4, -0.2) is 30.9 Å². The highest BCUT2D eigenvalue weighted by Gasteiger charge is 2.07. The molecule has 0 aliphatic heterocycles. The maximum atomic E-state index is 13.4. The molecule has 0 bridgehead atoms. The Morgan fingerprint density at radius 2 is 1.96 bits per heavy atom. The van der Waals surface area contributed by atoms with Crippen molar-refractivity contribution in [2.24, 2.45) is 0 Å². The van der Waals surface area contributed by atoms with Gasteiger partial charge in [-0.25, -0.2) is 24.2 Å². The molecule has 146 valence electrons. The Morgan fingerprint density at radius 3 is 2.71 bits per heavy atom. The molecule has 3 aromatic rings. The van der Waals surface area contributed by atoms with Crippen molar-refractivity contribution in [3.8, 4) is 11.3 Å². The average Bonchev–Trinajstić information content (AvgIpc) is 3.11. The second kappa shape index (κ2) is 9.00. The number of halogens is 2. The van der Waals surface area contributed by atoms with Crippen molar-refractivity contribution in [3.05, 3.63) is 54.5 Å². The summed E-state index contributed by atoms with van der Waals surface area (Å²) >= 11 is 0. The molecule has 0 saturated carbocycles. The summed E-state index contributed by atoms with van der Waals surface area (Å²) in [7, 11) is 0. The lowest BCUT2D eigenvalue weighted by Gasteiger charge is -2.05. The topological polar surface area (TPSA) is 105 Å². The molecule has 1 amide bonds. The SMILES string of the molecule is O=C(CCCCn1cc(Nc2nccc(-c3cc(F)cc(F)c3)n2)cn1)NO. The fraction of sp³-hybridized carbons (Fsp3) is 0.222. The first-order valence-electron chi connectivity index (χ1n) is 8.55. The lowest BCUT2D eigenvalue weighted by molar-refractivity contribution is -0.129. The molecule has 0 fully saturated rings. The van der Waals surface area contributed by atoms with E-state index in [0.29, 0.717) is 36.3 Å². The molecule has 2 aromatic heterocycles. The van der Waals surface area contributed by atoms with Crippen molar-refractivity contribution >= 4 is 17.5 Å². The van der Waals surface area contributed by atoms with Crippen LogP contribution in [0, 0.1) is 11.6 Å². The van der Waals surface area contributed by atoms with Crippen LogP contribution in [0.2, 0.25) is 0 Å². The molecule has 2 heterocycles. The number of unbranched alkanes of at least 4 members (excludes halogenated alkanes) is 1. The minimum absolute atomic E-state index is 0.240. The van der Waals surface area contributed by atoms with Gasteiger partial charge in [0.25, 0.3) is 0 Å². The first-order valence-corrected chi connectivity index (χ1v) is 8.55. The summed E-state index contributed by atoms with van der Waals surface area (Å²) in [4.78, 5) is 19.3. The van der Waals surface area contributed by atoms with Crippen LogP contribution in [0.15, 0.2) is 42.9 Å². The standard InChI is InChI=1S/C18H18F2N6O2/c19-13-7-12(8-14(20)9-13)16-4-5-21-18(24-16)23-15-10-22-26(11-15)6-2-1-3-17(27)25-28/h4-5,7-11,28H,1-3,6H2,(H,25,27)(H,21,23,24). The first-order chi connectivity index (χ1) is 13.5. The summed E-state index contributed by atoms with van der Waals surface area (Å²) in [6.07, 6.45) is 6.41. The van der Waals surface area contributed by atoms with Gasteiger partial charge in [-0.1, -0.05) is 0 Å². The van der Waals surface area contributed by atoms with E-state index in [2.05, 4.69) is 20.4 Å². The molecule has 3 N–H and O–H groups in total. The van der Waals surface area contributed by atoms with E-state index in [1.807, 2.05) is 0 Å². The van der Waals surface area contributed by atoms with E-state index in [-0.39, 0.29) is 12.4 Å². The lowest BCUT2D eigenvalue weighted by atomic mass is 10.1. The van der Waals surface area contributed by atoms with Gasteiger partial charge in [-0.05, 0) is 31.0 Å². The maximum absolute atomic E-state index is 13.4. The largest absolute Gasteiger partial charge is 0.321 e. The van der Waals surface area contributed by atoms with E-state index in [9.17, 15) is 13.6 Å². The van der Waals surface area contributed by atoms with Crippen molar-refractivity contribution in [2.75, 3.05) is 5.32 Å². The normalized spacial score (nSPS) is 10.7. The number of aryl methyl sites for hydroxylation is 1. The van der Waals surface area contributed by atoms with Crippen molar-refractivity contribution in [2.45, 2.75) is 25.8 Å². The Labute approximate surface area is 159 Å². The van der Waals surface area contributed by atoms with Gasteiger partial charge in [-0.3, -0.25) is 14.7 Å². The number of anilines is 2. The molecule has 0 radical (unpaired) electrons. The van der Waals surface area contributed by atoms with Crippen LogP contribution in [0.5, 0.6) is 0 Å². The number of hydrogen-bond donors (Lipinski definition) is 3. The summed E-state index contributed by atoms with van der Waals surface area (Å²) < 4.78 is 28.5. The Balaban J connectivity index is 1.62. The highest BCUT2D eigenvalue weighted by Crippen LogP contribution is 2.21. The summed E-state index contributed by atoms with van der Waals surface area (Å²) in [6.45, 7) is 0.601. The van der Waals surface area contributed by atoms with Crippen LogP contribution < -0.4 is 10.8 Å². The molecule has 0 aliphatic rings. The van der Waals surface area contributed by atoms with Crippen LogP contribution in [0.25, 0.3) is 11.3 Å². The Hall–Kier alpha value is -3.40. The van der Waals surface area contributed by atoms with Gasteiger partial charge in [0, 0.05) is 37.0 Å². The number of amides is 1. The molecule has 0 unspecified atom stereocenters. The van der Waals surface area contributed by atoms with Crippen molar-refractivity contribution in [3.63, 3.8) is 0 Å². The van der Waals surface area contributed by atoms with Gasteiger partial charge in [-0.2, -0.15) is 5.10 Å². The number of hydroxylamine groups is 1. The highest BCUT2D eigenvalue weighted by atomic mass is 19.1. The summed E-state index contributed by atoms with van der Waals surface area (Å²) in [5.41, 5.74) is 2.93. The van der Waals surface area contributed by atoms with Crippen LogP contribution in [-0.2, 0) is 11.3 Å². The number of hydrogen-bond acceptors (Lipinski definition) is 6. The zero-order valence-electron chi connectivity index (χ0n) is 14.8. The number of aromatic nitrogens is 4. The van der Waals surface area contributed by atoms with Gasteiger partial charge in [0.1, 0.15) is 11.6 Å². The number of nitrogens with one attached hydrogen (secondary N) is 2. The smallest absolute Gasteiger partial charge is 0.243 e. The zero-order chi connectivity index (χ0) is 19.9. The Bertz CT molecular complexity index is 943. The van der Waals surface area contributed by atoms with E-state index in [1.54, 1.807) is 28.6 Å². The monoisotopic (exact) mass is 388 g/mol. The Kier molecular flexibility index (Phi) is 6.22. The fourth-order valence-electron chi connectivity index (χ4n) is 2.58. The minimum Gasteiger partial charge on any atom is -0.321 e. The van der Waals surface area contributed by atoms with E-state index in [1.165, 1.54) is 18.3 Å². The lowest BCUT2D eigenvalue weighted by Crippen LogP contribution is -2.18. The molecule has 28 heavy (non-hydrogen) atoms. The van der Waals surface area contributed by atoms with Gasteiger partial charge in [0.05, 0.1) is 17.6 Å². The van der Waals surface area contributed by atoms with Crippen molar-refractivity contribution in [1.29, 1.82) is 0 Å². The molecule has 3 rings (SSSR count). The van der Waals surface area contributed by atoms with E-state index in [0.717, 1.165) is 6.07 Å². The number of benzene rings is 1. The molecule has 0 saturated heterocycles. The third-order valence-electron chi connectivity index (χ3n) is 3.87. The number of carbonyl (C=O) groups excluding carboxylic acids is 1. The first kappa shape index (κ1) is 19.4. The molecule has 0 atom stereocenters. The van der Waals surface area contributed by atoms with Crippen molar-refractivity contribution < 1.29 is 18.8 Å². The molecular weight excluding hydrogens is 370 g/mol. The number of nitrogens with zero attached hydrogens (tertiary/aromatic N) is 4. The van der Waals surface area contributed by atoms with Crippen LogP contribution in [0.4, 0.5) is 20.4 Å². The summed E-state index contributed by atoms with van der Waals surface area (Å²) in [5.74, 6) is -1.51. The van der Waals surface area contributed by atoms with Crippen LogP contribution in [0.3, 0.4) is 0 Å². The van der Waals surface area contributed by atoms with Gasteiger partial charge in [0.15, 0.2) is 0 Å². The fourth-order valence-corrected chi connectivity index (χ4v) is 2.58. The van der Waals surface area contributed by atoms with E-state index in [4.69, 9.17) is 5.21 Å². The third-order valence-corrected chi connectivity index (χ3v) is 3.87. The van der Waals surface area contributed by atoms with Gasteiger partial charge in [0.2, 0.25) is 11.9 Å². The quantitative estimate of drug-likeness (QED) is 0.311. The van der Waals surface area contributed by atoms with Crippen LogP contribution >= 0.6 is 0 Å². The van der Waals surface area contributed by atoms with Gasteiger partial charge >= 0.3 is 0 Å². The second-order valence-corrected chi connectivity index (χ2v) is 6.03. The molecule has 1 aromatic carbocycles. The minimum atomic E-state index is -0.680. The third kappa shape index (κ3) is 5.30. The highest BCUT2D eigenvalue weighted by molar-refractivity contribution is 5.74. The van der Waals surface area contributed by atoms with Crippen LogP contribution in [0.1, 0.15) is 19.3 Å². The average molecular weight is 388 g/mol. The molecule has 10 heteroatoms. The Morgan fingerprint density at radius 1 is 1.18 bits per heavy atom.